The zero-order chi connectivity index (χ0) is 19.6. The van der Waals surface area contributed by atoms with Gasteiger partial charge in [0, 0.05) is 25.2 Å². The van der Waals surface area contributed by atoms with E-state index in [-0.39, 0.29) is 11.5 Å². The molecule has 1 aliphatic heterocycles. The number of halogens is 1. The number of fused-ring (bicyclic) bond motifs is 1. The summed E-state index contributed by atoms with van der Waals surface area (Å²) in [5, 5.41) is 13.0. The number of carboxylic acids is 1. The van der Waals surface area contributed by atoms with Crippen molar-refractivity contribution in [2.24, 2.45) is 0 Å². The average molecular weight is 385 g/mol. The van der Waals surface area contributed by atoms with Gasteiger partial charge in [-0.2, -0.15) is 0 Å². The van der Waals surface area contributed by atoms with Crippen LogP contribution in [0.4, 0.5) is 10.1 Å². The van der Waals surface area contributed by atoms with Gasteiger partial charge in [-0.1, -0.05) is 0 Å². The number of nitrogens with one attached hydrogen (secondary N) is 1. The van der Waals surface area contributed by atoms with E-state index in [4.69, 9.17) is 0 Å². The third-order valence-corrected chi connectivity index (χ3v) is 6.24. The van der Waals surface area contributed by atoms with Gasteiger partial charge < -0.3 is 15.3 Å². The highest BCUT2D eigenvalue weighted by Crippen LogP contribution is 2.44. The number of carbonyl (C=O) groups is 1. The molecule has 2 aromatic heterocycles. The maximum Gasteiger partial charge on any atom is 0.341 e. The molecule has 1 atom stereocenters. The minimum absolute atomic E-state index is 0.244. The Kier molecular flexibility index (Phi) is 3.98. The number of rotatable bonds is 5. The van der Waals surface area contributed by atoms with Crippen molar-refractivity contribution in [2.75, 3.05) is 18.0 Å². The molecular formula is C21H24FN3O3. The summed E-state index contributed by atoms with van der Waals surface area (Å²) in [6, 6.07) is 2.48. The molecule has 1 saturated heterocycles. The smallest absolute Gasteiger partial charge is 0.341 e. The van der Waals surface area contributed by atoms with E-state index < -0.39 is 17.3 Å². The topological polar surface area (TPSA) is 74.0 Å². The Bertz CT molecular complexity index is 1040. The van der Waals surface area contributed by atoms with E-state index in [1.165, 1.54) is 29.5 Å². The number of anilines is 1. The lowest BCUT2D eigenvalue weighted by Crippen LogP contribution is -2.34. The molecule has 6 nitrogen and oxygen atoms in total. The number of hydrogen-bond donors (Lipinski definition) is 2. The fourth-order valence-corrected chi connectivity index (χ4v) is 4.57. The molecule has 0 amide bonds. The van der Waals surface area contributed by atoms with E-state index in [0.717, 1.165) is 43.5 Å². The Morgan fingerprint density at radius 1 is 1.21 bits per heavy atom. The molecule has 148 valence electrons. The minimum Gasteiger partial charge on any atom is -0.477 e. The van der Waals surface area contributed by atoms with Crippen LogP contribution in [0.25, 0.3) is 5.52 Å². The molecule has 3 heterocycles. The second-order valence-corrected chi connectivity index (χ2v) is 8.44. The van der Waals surface area contributed by atoms with Gasteiger partial charge in [-0.15, -0.1) is 0 Å². The number of carboxylic acid groups (broad SMARTS) is 1. The number of aromatic carboxylic acids is 1. The molecule has 2 saturated carbocycles. The summed E-state index contributed by atoms with van der Waals surface area (Å²) >= 11 is 0. The Morgan fingerprint density at radius 3 is 2.61 bits per heavy atom. The Morgan fingerprint density at radius 2 is 1.96 bits per heavy atom. The maximum absolute atomic E-state index is 15.1. The SMILES string of the molecule is Cc1c(N2CC[C@H](NC3CC3)C2)c(F)cn2c(=O)c(C(=O)O)cc(C3CC3)c12. The molecule has 0 aromatic carbocycles. The van der Waals surface area contributed by atoms with Gasteiger partial charge in [0.15, 0.2) is 5.82 Å². The van der Waals surface area contributed by atoms with Gasteiger partial charge in [0.1, 0.15) is 5.56 Å². The fraction of sp³-hybridized carbons (Fsp3) is 0.524. The predicted molar refractivity (Wildman–Crippen MR) is 104 cm³/mol. The molecule has 0 bridgehead atoms. The summed E-state index contributed by atoms with van der Waals surface area (Å²) in [7, 11) is 0. The molecule has 2 aromatic rings. The number of nitrogens with zero attached hydrogens (tertiary/aromatic N) is 2. The maximum atomic E-state index is 15.1. The van der Waals surface area contributed by atoms with Gasteiger partial charge in [0.25, 0.3) is 5.56 Å². The number of aromatic nitrogens is 1. The second-order valence-electron chi connectivity index (χ2n) is 8.44. The molecular weight excluding hydrogens is 361 g/mol. The fourth-order valence-electron chi connectivity index (χ4n) is 4.57. The summed E-state index contributed by atoms with van der Waals surface area (Å²) in [5.74, 6) is -1.49. The molecule has 5 rings (SSSR count). The highest BCUT2D eigenvalue weighted by Gasteiger charge is 2.33. The van der Waals surface area contributed by atoms with Crippen LogP contribution in [0.3, 0.4) is 0 Å². The van der Waals surface area contributed by atoms with E-state index in [0.29, 0.717) is 23.3 Å². The molecule has 3 fully saturated rings. The summed E-state index contributed by atoms with van der Waals surface area (Å²) in [4.78, 5) is 26.3. The van der Waals surface area contributed by atoms with E-state index in [2.05, 4.69) is 10.2 Å². The molecule has 0 unspecified atom stereocenters. The number of pyridine rings is 2. The molecule has 0 radical (unpaired) electrons. The van der Waals surface area contributed by atoms with Gasteiger partial charge in [-0.05, 0) is 62.1 Å². The lowest BCUT2D eigenvalue weighted by Gasteiger charge is -2.24. The third kappa shape index (κ3) is 2.89. The van der Waals surface area contributed by atoms with E-state index >= 15 is 4.39 Å². The van der Waals surface area contributed by atoms with Crippen molar-refractivity contribution in [3.8, 4) is 0 Å². The summed E-state index contributed by atoms with van der Waals surface area (Å²) in [6.07, 6.45) is 6.53. The van der Waals surface area contributed by atoms with Crippen LogP contribution in [-0.2, 0) is 0 Å². The molecule has 7 heteroatoms. The first kappa shape index (κ1) is 17.7. The highest BCUT2D eigenvalue weighted by molar-refractivity contribution is 5.89. The second kappa shape index (κ2) is 6.30. The van der Waals surface area contributed by atoms with Gasteiger partial charge >= 0.3 is 5.97 Å². The van der Waals surface area contributed by atoms with E-state index in [1.54, 1.807) is 0 Å². The van der Waals surface area contributed by atoms with E-state index in [9.17, 15) is 14.7 Å². The van der Waals surface area contributed by atoms with Crippen molar-refractivity contribution >= 4 is 17.2 Å². The first-order valence-corrected chi connectivity index (χ1v) is 10.1. The lowest BCUT2D eigenvalue weighted by atomic mass is 10.0. The lowest BCUT2D eigenvalue weighted by molar-refractivity contribution is 0.0694. The van der Waals surface area contributed by atoms with Crippen LogP contribution in [0.1, 0.15) is 59.5 Å². The number of hydrogen-bond acceptors (Lipinski definition) is 4. The predicted octanol–water partition coefficient (Wildman–Crippen LogP) is 2.65. The molecule has 2 N–H and O–H groups in total. The zero-order valence-corrected chi connectivity index (χ0v) is 15.9. The first-order chi connectivity index (χ1) is 13.4. The summed E-state index contributed by atoms with van der Waals surface area (Å²) < 4.78 is 16.3. The first-order valence-electron chi connectivity index (χ1n) is 10.1. The van der Waals surface area contributed by atoms with Crippen LogP contribution >= 0.6 is 0 Å². The van der Waals surface area contributed by atoms with Crippen molar-refractivity contribution in [1.82, 2.24) is 9.72 Å². The van der Waals surface area contributed by atoms with Crippen LogP contribution in [0, 0.1) is 12.7 Å². The van der Waals surface area contributed by atoms with Gasteiger partial charge in [-0.25, -0.2) is 9.18 Å². The number of aryl methyl sites for hydroxylation is 1. The Hall–Kier alpha value is -2.41. The average Bonchev–Trinajstić information content (AvgIpc) is 3.56. The summed E-state index contributed by atoms with van der Waals surface area (Å²) in [5.41, 5.74) is 1.83. The van der Waals surface area contributed by atoms with Crippen molar-refractivity contribution in [1.29, 1.82) is 0 Å². The monoisotopic (exact) mass is 385 g/mol. The van der Waals surface area contributed by atoms with Gasteiger partial charge in [0.05, 0.1) is 17.4 Å². The van der Waals surface area contributed by atoms with Crippen LogP contribution in [0.15, 0.2) is 17.1 Å². The molecule has 28 heavy (non-hydrogen) atoms. The third-order valence-electron chi connectivity index (χ3n) is 6.24. The van der Waals surface area contributed by atoms with Crippen molar-refractivity contribution < 1.29 is 14.3 Å². The van der Waals surface area contributed by atoms with Crippen molar-refractivity contribution in [2.45, 2.75) is 57.0 Å². The quantitative estimate of drug-likeness (QED) is 0.828. The van der Waals surface area contributed by atoms with Gasteiger partial charge in [-0.3, -0.25) is 9.20 Å². The Balaban J connectivity index is 1.63. The van der Waals surface area contributed by atoms with Crippen LogP contribution < -0.4 is 15.8 Å². The molecule has 2 aliphatic carbocycles. The zero-order valence-electron chi connectivity index (χ0n) is 15.9. The van der Waals surface area contributed by atoms with Crippen LogP contribution in [0.5, 0.6) is 0 Å². The largest absolute Gasteiger partial charge is 0.477 e. The summed E-state index contributed by atoms with van der Waals surface area (Å²) in [6.45, 7) is 3.37. The standard InChI is InChI=1S/C21H24FN3O3/c1-11-18-15(12-2-3-12)8-16(21(27)28)20(26)25(18)10-17(22)19(11)24-7-6-14(9-24)23-13-4-5-13/h8,10,12-14,23H,2-7,9H2,1H3,(H,27,28)/t14-/m0/s1. The Labute approximate surface area is 162 Å². The van der Waals surface area contributed by atoms with E-state index in [1.807, 2.05) is 6.92 Å². The van der Waals surface area contributed by atoms with Gasteiger partial charge in [0.2, 0.25) is 0 Å². The van der Waals surface area contributed by atoms with Crippen molar-refractivity contribution in [3.05, 3.63) is 45.1 Å². The highest BCUT2D eigenvalue weighted by atomic mass is 19.1. The normalized spacial score (nSPS) is 22.2. The van der Waals surface area contributed by atoms with Crippen molar-refractivity contribution in [3.63, 3.8) is 0 Å². The molecule has 0 spiro atoms. The van der Waals surface area contributed by atoms with Crippen LogP contribution in [0.2, 0.25) is 0 Å². The van der Waals surface area contributed by atoms with Crippen LogP contribution in [-0.4, -0.2) is 40.6 Å². The minimum atomic E-state index is -1.27. The molecule has 3 aliphatic rings.